The third-order valence-electron chi connectivity index (χ3n) is 2.33. The third kappa shape index (κ3) is 2.36. The van der Waals surface area contributed by atoms with E-state index < -0.39 is 5.82 Å². The third-order valence-corrected chi connectivity index (χ3v) is 2.33. The highest BCUT2D eigenvalue weighted by atomic mass is 19.1. The molecule has 0 saturated heterocycles. The molecule has 0 N–H and O–H groups in total. The van der Waals surface area contributed by atoms with E-state index in [9.17, 15) is 9.18 Å². The molecule has 4 heteroatoms. The van der Waals surface area contributed by atoms with Crippen molar-refractivity contribution in [1.29, 1.82) is 5.26 Å². The fourth-order valence-electron chi connectivity index (χ4n) is 1.47. The Morgan fingerprint density at radius 1 is 1.17 bits per heavy atom. The van der Waals surface area contributed by atoms with Crippen LogP contribution in [0.2, 0.25) is 0 Å². The summed E-state index contributed by atoms with van der Waals surface area (Å²) in [5.41, 5.74) is 0.446. The van der Waals surface area contributed by atoms with Crippen molar-refractivity contribution in [2.75, 3.05) is 0 Å². The maximum atomic E-state index is 13.0. The summed E-state index contributed by atoms with van der Waals surface area (Å²) in [6.07, 6.45) is 0.507. The molecule has 2 aromatic carbocycles. The van der Waals surface area contributed by atoms with Crippen LogP contribution in [-0.2, 0) is 0 Å². The molecule has 0 bridgehead atoms. The van der Waals surface area contributed by atoms with Gasteiger partial charge >= 0.3 is 0 Å². The van der Waals surface area contributed by atoms with E-state index in [1.807, 2.05) is 6.07 Å². The van der Waals surface area contributed by atoms with Gasteiger partial charge in [0, 0.05) is 0 Å². The Balaban J connectivity index is 2.40. The Hall–Kier alpha value is -2.67. The molecule has 0 aliphatic carbocycles. The first-order valence-corrected chi connectivity index (χ1v) is 5.16. The molecule has 18 heavy (non-hydrogen) atoms. The number of halogens is 1. The number of carbonyl (C=O) groups is 1. The molecule has 2 aromatic rings. The molecule has 88 valence electrons. The van der Waals surface area contributed by atoms with E-state index in [1.165, 1.54) is 12.1 Å². The molecule has 0 spiro atoms. The van der Waals surface area contributed by atoms with Gasteiger partial charge < -0.3 is 4.74 Å². The maximum Gasteiger partial charge on any atom is 0.153 e. The van der Waals surface area contributed by atoms with Crippen LogP contribution in [0.3, 0.4) is 0 Å². The number of carbonyl (C=O) groups excluding carboxylic acids is 1. The highest BCUT2D eigenvalue weighted by Crippen LogP contribution is 2.27. The van der Waals surface area contributed by atoms with E-state index >= 15 is 0 Å². The van der Waals surface area contributed by atoms with Crippen molar-refractivity contribution in [3.05, 3.63) is 59.4 Å². The summed E-state index contributed by atoms with van der Waals surface area (Å²) in [7, 11) is 0. The highest BCUT2D eigenvalue weighted by molar-refractivity contribution is 5.79. The molecular formula is C14H8FNO2. The number of aldehydes is 1. The minimum Gasteiger partial charge on any atom is -0.455 e. The minimum atomic E-state index is -0.516. The highest BCUT2D eigenvalue weighted by Gasteiger charge is 2.08. The number of para-hydroxylation sites is 1. The van der Waals surface area contributed by atoms with Crippen molar-refractivity contribution in [2.24, 2.45) is 0 Å². The zero-order chi connectivity index (χ0) is 13.0. The fourth-order valence-corrected chi connectivity index (χ4v) is 1.47. The zero-order valence-electron chi connectivity index (χ0n) is 9.26. The predicted octanol–water partition coefficient (Wildman–Crippen LogP) is 3.30. The molecule has 0 amide bonds. The second-order valence-corrected chi connectivity index (χ2v) is 3.51. The van der Waals surface area contributed by atoms with Crippen molar-refractivity contribution in [1.82, 2.24) is 0 Å². The zero-order valence-corrected chi connectivity index (χ0v) is 9.26. The van der Waals surface area contributed by atoms with Crippen molar-refractivity contribution < 1.29 is 13.9 Å². The molecule has 3 nitrogen and oxygen atoms in total. The Labute approximate surface area is 103 Å². The van der Waals surface area contributed by atoms with Crippen LogP contribution >= 0.6 is 0 Å². The fraction of sp³-hybridized carbons (Fsp3) is 0. The second kappa shape index (κ2) is 5.11. The number of ether oxygens (including phenoxy) is 1. The molecule has 0 unspecified atom stereocenters. The average molecular weight is 241 g/mol. The summed E-state index contributed by atoms with van der Waals surface area (Å²) in [6, 6.07) is 12.2. The van der Waals surface area contributed by atoms with Crippen LogP contribution in [0.15, 0.2) is 42.5 Å². The van der Waals surface area contributed by atoms with Gasteiger partial charge in [-0.25, -0.2) is 4.39 Å². The maximum absolute atomic E-state index is 13.0. The molecule has 0 fully saturated rings. The number of nitrogens with zero attached hydrogens (tertiary/aromatic N) is 1. The Morgan fingerprint density at radius 2 is 1.94 bits per heavy atom. The van der Waals surface area contributed by atoms with Gasteiger partial charge in [-0.2, -0.15) is 5.26 Å². The van der Waals surface area contributed by atoms with Gasteiger partial charge in [-0.15, -0.1) is 0 Å². The van der Waals surface area contributed by atoms with E-state index in [-0.39, 0.29) is 11.3 Å². The smallest absolute Gasteiger partial charge is 0.153 e. The van der Waals surface area contributed by atoms with Gasteiger partial charge in [0.2, 0.25) is 0 Å². The molecule has 0 aliphatic heterocycles. The number of rotatable bonds is 3. The van der Waals surface area contributed by atoms with E-state index in [0.717, 1.165) is 6.07 Å². The summed E-state index contributed by atoms with van der Waals surface area (Å²) in [5.74, 6) is 0.0295. The lowest BCUT2D eigenvalue weighted by molar-refractivity contribution is 0.112. The minimum absolute atomic E-state index is 0.0998. The molecule has 0 heterocycles. The van der Waals surface area contributed by atoms with E-state index in [1.54, 1.807) is 24.3 Å². The van der Waals surface area contributed by atoms with Gasteiger partial charge in [-0.1, -0.05) is 12.1 Å². The van der Waals surface area contributed by atoms with Crippen LogP contribution in [0.25, 0.3) is 0 Å². The first kappa shape index (κ1) is 11.8. The van der Waals surface area contributed by atoms with Gasteiger partial charge in [0.15, 0.2) is 6.29 Å². The van der Waals surface area contributed by atoms with Gasteiger partial charge in [0.1, 0.15) is 23.4 Å². The number of benzene rings is 2. The normalized spacial score (nSPS) is 9.56. The SMILES string of the molecule is N#Cc1ccccc1Oc1ccc(F)cc1C=O. The Bertz CT molecular complexity index is 632. The standard InChI is InChI=1S/C14H8FNO2/c15-12-5-6-14(11(7-12)9-17)18-13-4-2-1-3-10(13)8-16/h1-7,9H. The van der Waals surface area contributed by atoms with Crippen molar-refractivity contribution in [2.45, 2.75) is 0 Å². The van der Waals surface area contributed by atoms with Gasteiger partial charge in [-0.3, -0.25) is 4.79 Å². The Kier molecular flexibility index (Phi) is 3.35. The van der Waals surface area contributed by atoms with Crippen molar-refractivity contribution in [3.63, 3.8) is 0 Å². The summed E-state index contributed by atoms with van der Waals surface area (Å²) < 4.78 is 18.4. The first-order valence-electron chi connectivity index (χ1n) is 5.16. The molecule has 0 atom stereocenters. The second-order valence-electron chi connectivity index (χ2n) is 3.51. The lowest BCUT2D eigenvalue weighted by Gasteiger charge is -2.08. The summed E-state index contributed by atoms with van der Waals surface area (Å²) in [5, 5.41) is 8.91. The van der Waals surface area contributed by atoms with Crippen LogP contribution in [0, 0.1) is 17.1 Å². The monoisotopic (exact) mass is 241 g/mol. The van der Waals surface area contributed by atoms with Crippen LogP contribution in [0.4, 0.5) is 4.39 Å². The largest absolute Gasteiger partial charge is 0.455 e. The van der Waals surface area contributed by atoms with Crippen molar-refractivity contribution >= 4 is 6.29 Å². The topological polar surface area (TPSA) is 50.1 Å². The van der Waals surface area contributed by atoms with Gasteiger partial charge in [-0.05, 0) is 30.3 Å². The van der Waals surface area contributed by atoms with E-state index in [0.29, 0.717) is 17.6 Å². The number of hydrogen-bond acceptors (Lipinski definition) is 3. The Morgan fingerprint density at radius 3 is 2.67 bits per heavy atom. The summed E-state index contributed by atoms with van der Waals surface area (Å²) in [6.45, 7) is 0. The molecule has 0 radical (unpaired) electrons. The molecule has 2 rings (SSSR count). The molecular weight excluding hydrogens is 233 g/mol. The van der Waals surface area contributed by atoms with E-state index in [2.05, 4.69) is 0 Å². The van der Waals surface area contributed by atoms with Crippen LogP contribution < -0.4 is 4.74 Å². The first-order chi connectivity index (χ1) is 8.74. The van der Waals surface area contributed by atoms with Gasteiger partial charge in [0.05, 0.1) is 11.1 Å². The average Bonchev–Trinajstić information content (AvgIpc) is 2.41. The lowest BCUT2D eigenvalue weighted by atomic mass is 10.2. The van der Waals surface area contributed by atoms with Crippen LogP contribution in [0.1, 0.15) is 15.9 Å². The van der Waals surface area contributed by atoms with Gasteiger partial charge in [0.25, 0.3) is 0 Å². The summed E-state index contributed by atoms with van der Waals surface area (Å²) in [4.78, 5) is 10.8. The molecule has 0 saturated carbocycles. The van der Waals surface area contributed by atoms with E-state index in [4.69, 9.17) is 10.00 Å². The number of hydrogen-bond donors (Lipinski definition) is 0. The van der Waals surface area contributed by atoms with Crippen molar-refractivity contribution in [3.8, 4) is 17.6 Å². The lowest BCUT2D eigenvalue weighted by Crippen LogP contribution is -1.93. The quantitative estimate of drug-likeness (QED) is 0.774. The number of nitriles is 1. The summed E-state index contributed by atoms with van der Waals surface area (Å²) >= 11 is 0. The molecule has 0 aliphatic rings. The predicted molar refractivity (Wildman–Crippen MR) is 63.0 cm³/mol. The van der Waals surface area contributed by atoms with Crippen LogP contribution in [-0.4, -0.2) is 6.29 Å². The van der Waals surface area contributed by atoms with Crippen LogP contribution in [0.5, 0.6) is 11.5 Å². The molecule has 0 aromatic heterocycles.